The summed E-state index contributed by atoms with van der Waals surface area (Å²) in [4.78, 5) is 39.6. The number of hydrogen-bond acceptors (Lipinski definition) is 8. The van der Waals surface area contributed by atoms with Gasteiger partial charge in [-0.3, -0.25) is 14.4 Å². The van der Waals surface area contributed by atoms with Crippen molar-refractivity contribution in [2.75, 3.05) is 40.5 Å². The van der Waals surface area contributed by atoms with Gasteiger partial charge in [-0.25, -0.2) is 0 Å². The molecule has 2 amide bonds. The summed E-state index contributed by atoms with van der Waals surface area (Å²) in [6.45, 7) is 2.58. The average Bonchev–Trinajstić information content (AvgIpc) is 3.01. The monoisotopic (exact) mass is 716 g/mol. The van der Waals surface area contributed by atoms with Gasteiger partial charge in [-0.15, -0.1) is 0 Å². The normalized spacial score (nSPS) is 18.1. The van der Waals surface area contributed by atoms with Crippen LogP contribution in [0.5, 0.6) is 11.5 Å². The van der Waals surface area contributed by atoms with Gasteiger partial charge in [-0.05, 0) is 47.2 Å². The van der Waals surface area contributed by atoms with Crippen molar-refractivity contribution in [1.82, 2.24) is 10.2 Å². The fourth-order valence-electron chi connectivity index (χ4n) is 5.23. The molecular weight excluding hydrogens is 667 g/mol. The lowest BCUT2D eigenvalue weighted by atomic mass is 9.88. The SMILES string of the molecule is CCCCCCCCCCCC(=O)N(CCOC)[C@@H]1CC(C(=O)NCCO)=C[C@H](Oc2c(I)cc(C=O)cc2OC)[C@H]1O. The maximum atomic E-state index is 13.6. The Kier molecular flexibility index (Phi) is 17.8. The molecule has 43 heavy (non-hydrogen) atoms. The van der Waals surface area contributed by atoms with Crippen LogP contribution in [0, 0.1) is 3.57 Å². The van der Waals surface area contributed by atoms with Gasteiger partial charge in [0.1, 0.15) is 18.5 Å². The topological polar surface area (TPSA) is 135 Å². The van der Waals surface area contributed by atoms with Crippen molar-refractivity contribution < 1.29 is 38.8 Å². The van der Waals surface area contributed by atoms with Crippen molar-refractivity contribution in [2.24, 2.45) is 0 Å². The molecule has 0 radical (unpaired) electrons. The van der Waals surface area contributed by atoms with Crippen LogP contribution in [0.15, 0.2) is 23.8 Å². The summed E-state index contributed by atoms with van der Waals surface area (Å²) in [5, 5.41) is 23.5. The molecule has 1 aromatic rings. The Hall–Kier alpha value is -2.22. The minimum absolute atomic E-state index is 0.0682. The van der Waals surface area contributed by atoms with Crippen molar-refractivity contribution >= 4 is 40.7 Å². The molecule has 1 aliphatic rings. The van der Waals surface area contributed by atoms with Crippen molar-refractivity contribution in [3.05, 3.63) is 32.9 Å². The van der Waals surface area contributed by atoms with E-state index in [1.54, 1.807) is 24.2 Å². The van der Waals surface area contributed by atoms with E-state index in [4.69, 9.17) is 14.2 Å². The van der Waals surface area contributed by atoms with E-state index in [1.165, 1.54) is 51.7 Å². The zero-order valence-corrected chi connectivity index (χ0v) is 28.0. The first-order chi connectivity index (χ1) is 20.8. The van der Waals surface area contributed by atoms with Crippen LogP contribution in [0.25, 0.3) is 0 Å². The number of methoxy groups -OCH3 is 2. The van der Waals surface area contributed by atoms with E-state index in [1.807, 2.05) is 22.6 Å². The Morgan fingerprint density at radius 2 is 1.77 bits per heavy atom. The smallest absolute Gasteiger partial charge is 0.247 e. The molecule has 0 fully saturated rings. The summed E-state index contributed by atoms with van der Waals surface area (Å²) in [7, 11) is 3.01. The Bertz CT molecular complexity index is 1050. The molecule has 0 aliphatic heterocycles. The third kappa shape index (κ3) is 12.0. The number of unbranched alkanes of at least 4 members (excludes halogenated alkanes) is 8. The number of amides is 2. The molecule has 3 N–H and O–H groups in total. The largest absolute Gasteiger partial charge is 0.493 e. The quantitative estimate of drug-likeness (QED) is 0.0968. The number of ether oxygens (including phenoxy) is 3. The van der Waals surface area contributed by atoms with E-state index in [2.05, 4.69) is 12.2 Å². The minimum atomic E-state index is -1.16. The number of aliphatic hydroxyl groups is 2. The molecule has 3 atom stereocenters. The molecule has 10 nitrogen and oxygen atoms in total. The average molecular weight is 717 g/mol. The molecule has 0 bridgehead atoms. The Balaban J connectivity index is 2.24. The Morgan fingerprint density at radius 3 is 2.37 bits per heavy atom. The maximum Gasteiger partial charge on any atom is 0.247 e. The lowest BCUT2D eigenvalue weighted by molar-refractivity contribution is -0.139. The van der Waals surface area contributed by atoms with E-state index in [0.29, 0.717) is 38.9 Å². The molecule has 2 rings (SSSR count). The highest BCUT2D eigenvalue weighted by molar-refractivity contribution is 14.1. The first-order valence-corrected chi connectivity index (χ1v) is 16.4. The van der Waals surface area contributed by atoms with Crippen molar-refractivity contribution in [1.29, 1.82) is 0 Å². The van der Waals surface area contributed by atoms with E-state index in [-0.39, 0.29) is 38.6 Å². The van der Waals surface area contributed by atoms with E-state index in [0.717, 1.165) is 19.3 Å². The summed E-state index contributed by atoms with van der Waals surface area (Å²) in [5.41, 5.74) is 0.744. The van der Waals surface area contributed by atoms with Crippen LogP contribution in [-0.4, -0.2) is 92.0 Å². The summed E-state index contributed by atoms with van der Waals surface area (Å²) in [5.74, 6) is 0.104. The number of carbonyl (C=O) groups excluding carboxylic acids is 3. The third-order valence-electron chi connectivity index (χ3n) is 7.61. The number of halogens is 1. The highest BCUT2D eigenvalue weighted by Gasteiger charge is 2.40. The van der Waals surface area contributed by atoms with Gasteiger partial charge < -0.3 is 34.6 Å². The van der Waals surface area contributed by atoms with Gasteiger partial charge in [0.2, 0.25) is 11.8 Å². The fourth-order valence-corrected chi connectivity index (χ4v) is 5.99. The molecule has 0 spiro atoms. The van der Waals surface area contributed by atoms with Crippen LogP contribution in [0.2, 0.25) is 0 Å². The molecule has 0 unspecified atom stereocenters. The van der Waals surface area contributed by atoms with Crippen molar-refractivity contribution in [3.8, 4) is 11.5 Å². The fraction of sp³-hybridized carbons (Fsp3) is 0.656. The van der Waals surface area contributed by atoms with Gasteiger partial charge in [-0.2, -0.15) is 0 Å². The standard InChI is InChI=1S/C32H49IN2O8/c1-4-5-6-7-8-9-10-11-12-13-29(38)35(15-17-41-2)26-20-24(32(40)34-14-16-36)21-27(30(26)39)43-31-25(33)18-23(22-37)19-28(31)42-3/h18-19,21-22,26-27,30,36,39H,4-17,20H2,1-3H3,(H,34,40)/t26-,27+,30+/m1/s1. The van der Waals surface area contributed by atoms with Crippen LogP contribution >= 0.6 is 22.6 Å². The zero-order chi connectivity index (χ0) is 31.6. The minimum Gasteiger partial charge on any atom is -0.493 e. The van der Waals surface area contributed by atoms with Gasteiger partial charge in [-0.1, -0.05) is 58.3 Å². The van der Waals surface area contributed by atoms with E-state index < -0.39 is 24.2 Å². The van der Waals surface area contributed by atoms with Crippen LogP contribution in [0.4, 0.5) is 0 Å². The maximum absolute atomic E-state index is 13.6. The van der Waals surface area contributed by atoms with Gasteiger partial charge in [0.25, 0.3) is 0 Å². The molecule has 11 heteroatoms. The predicted octanol–water partition coefficient (Wildman–Crippen LogP) is 4.42. The van der Waals surface area contributed by atoms with Crippen LogP contribution in [0.1, 0.15) is 87.9 Å². The molecule has 0 aromatic heterocycles. The summed E-state index contributed by atoms with van der Waals surface area (Å²) >= 11 is 2.02. The van der Waals surface area contributed by atoms with Crippen LogP contribution < -0.4 is 14.8 Å². The van der Waals surface area contributed by atoms with Crippen LogP contribution in [-0.2, 0) is 14.3 Å². The highest BCUT2D eigenvalue weighted by Crippen LogP contribution is 2.37. The highest BCUT2D eigenvalue weighted by atomic mass is 127. The first kappa shape index (κ1) is 37.0. The van der Waals surface area contributed by atoms with E-state index >= 15 is 0 Å². The summed E-state index contributed by atoms with van der Waals surface area (Å²) in [6, 6.07) is 2.43. The molecule has 0 saturated heterocycles. The van der Waals surface area contributed by atoms with Gasteiger partial charge in [0, 0.05) is 44.2 Å². The molecule has 242 valence electrons. The lowest BCUT2D eigenvalue weighted by Gasteiger charge is -2.40. The number of hydrogen-bond donors (Lipinski definition) is 3. The zero-order valence-electron chi connectivity index (χ0n) is 25.8. The third-order valence-corrected chi connectivity index (χ3v) is 8.41. The van der Waals surface area contributed by atoms with Crippen molar-refractivity contribution in [2.45, 2.75) is 95.8 Å². The van der Waals surface area contributed by atoms with Gasteiger partial charge in [0.15, 0.2) is 11.5 Å². The second-order valence-electron chi connectivity index (χ2n) is 10.8. The van der Waals surface area contributed by atoms with Crippen molar-refractivity contribution in [3.63, 3.8) is 0 Å². The summed E-state index contributed by atoms with van der Waals surface area (Å²) in [6.07, 6.45) is 10.8. The van der Waals surface area contributed by atoms with E-state index in [9.17, 15) is 24.6 Å². The Labute approximate surface area is 269 Å². The number of aldehydes is 1. The number of benzene rings is 1. The molecule has 1 aliphatic carbocycles. The number of nitrogens with zero attached hydrogens (tertiary/aromatic N) is 1. The number of rotatable bonds is 21. The first-order valence-electron chi connectivity index (χ1n) is 15.4. The lowest BCUT2D eigenvalue weighted by Crippen LogP contribution is -2.55. The second kappa shape index (κ2) is 20.7. The van der Waals surface area contributed by atoms with Crippen LogP contribution in [0.3, 0.4) is 0 Å². The predicted molar refractivity (Wildman–Crippen MR) is 174 cm³/mol. The summed E-state index contributed by atoms with van der Waals surface area (Å²) < 4.78 is 17.6. The second-order valence-corrected chi connectivity index (χ2v) is 12.0. The molecule has 0 heterocycles. The Morgan fingerprint density at radius 1 is 1.09 bits per heavy atom. The number of nitrogens with one attached hydrogen (secondary N) is 1. The number of aliphatic hydroxyl groups excluding tert-OH is 2. The molecular formula is C32H49IN2O8. The molecule has 0 saturated carbocycles. The molecule has 1 aromatic carbocycles. The van der Waals surface area contributed by atoms with Gasteiger partial charge in [0.05, 0.1) is 29.9 Å². The number of carbonyl (C=O) groups is 3. The van der Waals surface area contributed by atoms with Gasteiger partial charge >= 0.3 is 0 Å².